The SMILES string of the molecule is Nc1nc(N)nc(/N=N/c2ccc(O)cc2O)n1. The summed E-state index contributed by atoms with van der Waals surface area (Å²) in [6.45, 7) is 0. The predicted molar refractivity (Wildman–Crippen MR) is 62.6 cm³/mol. The average Bonchev–Trinajstić information content (AvgIpc) is 2.26. The predicted octanol–water partition coefficient (Wildman–Crippen LogP) is 0.863. The van der Waals surface area contributed by atoms with Crippen LogP contribution in [0.25, 0.3) is 0 Å². The molecule has 0 atom stereocenters. The summed E-state index contributed by atoms with van der Waals surface area (Å²) in [5, 5.41) is 25.9. The van der Waals surface area contributed by atoms with Gasteiger partial charge in [-0.15, -0.1) is 10.2 Å². The zero-order valence-corrected chi connectivity index (χ0v) is 9.02. The van der Waals surface area contributed by atoms with Crippen LogP contribution in [0, 0.1) is 0 Å². The van der Waals surface area contributed by atoms with E-state index in [0.29, 0.717) is 0 Å². The van der Waals surface area contributed by atoms with Gasteiger partial charge in [0.15, 0.2) is 0 Å². The van der Waals surface area contributed by atoms with Crippen LogP contribution in [0.1, 0.15) is 0 Å². The highest BCUT2D eigenvalue weighted by Gasteiger charge is 2.03. The van der Waals surface area contributed by atoms with Gasteiger partial charge >= 0.3 is 0 Å². The van der Waals surface area contributed by atoms with E-state index in [0.717, 1.165) is 6.07 Å². The highest BCUT2D eigenvalue weighted by Crippen LogP contribution is 2.30. The molecular formula is C9H9N7O2. The number of rotatable bonds is 2. The minimum atomic E-state index is -0.228. The number of phenols is 2. The monoisotopic (exact) mass is 247 g/mol. The van der Waals surface area contributed by atoms with Crippen LogP contribution in [-0.2, 0) is 0 Å². The number of nitrogens with zero attached hydrogens (tertiary/aromatic N) is 5. The molecule has 0 unspecified atom stereocenters. The number of hydrogen-bond donors (Lipinski definition) is 4. The minimum Gasteiger partial charge on any atom is -0.508 e. The van der Waals surface area contributed by atoms with E-state index in [4.69, 9.17) is 16.6 Å². The molecule has 9 heteroatoms. The van der Waals surface area contributed by atoms with Crippen LogP contribution in [0.3, 0.4) is 0 Å². The molecule has 6 N–H and O–H groups in total. The summed E-state index contributed by atoms with van der Waals surface area (Å²) in [5.74, 6) is -0.543. The Morgan fingerprint density at radius 1 is 0.944 bits per heavy atom. The van der Waals surface area contributed by atoms with Crippen molar-refractivity contribution in [3.05, 3.63) is 18.2 Å². The van der Waals surface area contributed by atoms with Gasteiger partial charge in [-0.1, -0.05) is 0 Å². The average molecular weight is 247 g/mol. The third-order valence-corrected chi connectivity index (χ3v) is 1.86. The van der Waals surface area contributed by atoms with Crippen molar-refractivity contribution in [1.29, 1.82) is 0 Å². The van der Waals surface area contributed by atoms with Crippen LogP contribution in [0.15, 0.2) is 28.4 Å². The van der Waals surface area contributed by atoms with Crippen LogP contribution < -0.4 is 11.5 Å². The molecule has 18 heavy (non-hydrogen) atoms. The fourth-order valence-corrected chi connectivity index (χ4v) is 1.14. The highest BCUT2D eigenvalue weighted by atomic mass is 16.3. The minimum absolute atomic E-state index is 0.0764. The summed E-state index contributed by atoms with van der Waals surface area (Å²) in [6.07, 6.45) is 0. The fraction of sp³-hybridized carbons (Fsp3) is 0. The van der Waals surface area contributed by atoms with Gasteiger partial charge in [0.2, 0.25) is 11.9 Å². The zero-order chi connectivity index (χ0) is 13.1. The number of nitrogens with two attached hydrogens (primary N) is 2. The summed E-state index contributed by atoms with van der Waals surface area (Å²) in [7, 11) is 0. The summed E-state index contributed by atoms with van der Waals surface area (Å²) in [5.41, 5.74) is 10.8. The molecule has 0 amide bonds. The molecule has 2 aromatic rings. The third kappa shape index (κ3) is 2.58. The van der Waals surface area contributed by atoms with Crippen molar-refractivity contribution in [2.24, 2.45) is 10.2 Å². The first-order valence-electron chi connectivity index (χ1n) is 4.75. The maximum absolute atomic E-state index is 9.46. The summed E-state index contributed by atoms with van der Waals surface area (Å²) in [6, 6.07) is 3.86. The molecule has 0 aliphatic heterocycles. The quantitative estimate of drug-likeness (QED) is 0.573. The molecule has 2 rings (SSSR count). The van der Waals surface area contributed by atoms with E-state index in [1.54, 1.807) is 0 Å². The summed E-state index contributed by atoms with van der Waals surface area (Å²) < 4.78 is 0. The molecule has 0 aliphatic rings. The smallest absolute Gasteiger partial charge is 0.275 e. The van der Waals surface area contributed by atoms with E-state index in [9.17, 15) is 5.11 Å². The molecule has 0 aliphatic carbocycles. The molecule has 1 aromatic heterocycles. The van der Waals surface area contributed by atoms with E-state index in [2.05, 4.69) is 25.2 Å². The first-order chi connectivity index (χ1) is 8.54. The Morgan fingerprint density at radius 2 is 1.61 bits per heavy atom. The summed E-state index contributed by atoms with van der Waals surface area (Å²) >= 11 is 0. The fourth-order valence-electron chi connectivity index (χ4n) is 1.14. The normalized spacial score (nSPS) is 10.9. The van der Waals surface area contributed by atoms with E-state index in [-0.39, 0.29) is 35.0 Å². The molecule has 0 saturated heterocycles. The topological polar surface area (TPSA) is 156 Å². The standard InChI is InChI=1S/C9H9N7O2/c10-7-12-8(11)14-9(13-7)16-15-5-2-1-4(17)3-6(5)18/h1-3,17-18H,(H4,10,11,12,13,14)/b16-15+. The lowest BCUT2D eigenvalue weighted by molar-refractivity contribution is 0.451. The number of phenolic OH excluding ortho intramolecular Hbond substituents is 2. The van der Waals surface area contributed by atoms with Gasteiger partial charge in [-0.2, -0.15) is 15.0 Å². The van der Waals surface area contributed by atoms with Crippen molar-refractivity contribution in [3.8, 4) is 11.5 Å². The van der Waals surface area contributed by atoms with E-state index < -0.39 is 0 Å². The van der Waals surface area contributed by atoms with E-state index >= 15 is 0 Å². The maximum Gasteiger partial charge on any atom is 0.275 e. The van der Waals surface area contributed by atoms with Crippen molar-refractivity contribution < 1.29 is 10.2 Å². The van der Waals surface area contributed by atoms with Crippen LogP contribution in [0.5, 0.6) is 11.5 Å². The van der Waals surface area contributed by atoms with Gasteiger partial charge in [0, 0.05) is 6.07 Å². The lowest BCUT2D eigenvalue weighted by Crippen LogP contribution is -2.01. The largest absolute Gasteiger partial charge is 0.508 e. The van der Waals surface area contributed by atoms with Gasteiger partial charge < -0.3 is 21.7 Å². The Morgan fingerprint density at radius 3 is 2.22 bits per heavy atom. The Kier molecular flexibility index (Phi) is 2.87. The molecule has 0 spiro atoms. The molecule has 92 valence electrons. The van der Waals surface area contributed by atoms with Crippen LogP contribution >= 0.6 is 0 Å². The molecule has 0 fully saturated rings. The number of hydrogen-bond acceptors (Lipinski definition) is 9. The molecule has 0 radical (unpaired) electrons. The van der Waals surface area contributed by atoms with Crippen molar-refractivity contribution in [3.63, 3.8) is 0 Å². The lowest BCUT2D eigenvalue weighted by atomic mass is 10.3. The molecule has 1 heterocycles. The van der Waals surface area contributed by atoms with Gasteiger partial charge in [-0.25, -0.2) is 0 Å². The van der Waals surface area contributed by atoms with E-state index in [1.807, 2.05) is 0 Å². The van der Waals surface area contributed by atoms with Crippen LogP contribution in [0.4, 0.5) is 23.5 Å². The van der Waals surface area contributed by atoms with Crippen LogP contribution in [-0.4, -0.2) is 25.2 Å². The Balaban J connectivity index is 2.29. The first-order valence-corrected chi connectivity index (χ1v) is 4.75. The van der Waals surface area contributed by atoms with Crippen molar-refractivity contribution in [2.45, 2.75) is 0 Å². The number of aromatic nitrogens is 3. The van der Waals surface area contributed by atoms with E-state index in [1.165, 1.54) is 12.1 Å². The second kappa shape index (κ2) is 4.49. The highest BCUT2D eigenvalue weighted by molar-refractivity contribution is 5.53. The zero-order valence-electron chi connectivity index (χ0n) is 9.02. The number of anilines is 2. The lowest BCUT2D eigenvalue weighted by Gasteiger charge is -1.98. The van der Waals surface area contributed by atoms with Gasteiger partial charge in [0.25, 0.3) is 5.95 Å². The Hall–Kier alpha value is -2.97. The molecule has 9 nitrogen and oxygen atoms in total. The Bertz CT molecular complexity index is 594. The second-order valence-corrected chi connectivity index (χ2v) is 3.22. The van der Waals surface area contributed by atoms with Gasteiger partial charge in [0.1, 0.15) is 17.2 Å². The maximum atomic E-state index is 9.46. The first kappa shape index (κ1) is 11.5. The van der Waals surface area contributed by atoms with Crippen molar-refractivity contribution in [2.75, 3.05) is 11.5 Å². The number of azo groups is 1. The van der Waals surface area contributed by atoms with Gasteiger partial charge in [-0.3, -0.25) is 0 Å². The third-order valence-electron chi connectivity index (χ3n) is 1.86. The molecule has 0 saturated carbocycles. The number of benzene rings is 1. The summed E-state index contributed by atoms with van der Waals surface area (Å²) in [4.78, 5) is 10.9. The van der Waals surface area contributed by atoms with Gasteiger partial charge in [-0.05, 0) is 12.1 Å². The second-order valence-electron chi connectivity index (χ2n) is 3.22. The number of aromatic hydroxyl groups is 2. The molecular weight excluding hydrogens is 238 g/mol. The van der Waals surface area contributed by atoms with Gasteiger partial charge in [0.05, 0.1) is 0 Å². The Labute approximate surface area is 101 Å². The number of nitrogen functional groups attached to an aromatic ring is 2. The molecule has 1 aromatic carbocycles. The van der Waals surface area contributed by atoms with Crippen molar-refractivity contribution in [1.82, 2.24) is 15.0 Å². The van der Waals surface area contributed by atoms with Crippen LogP contribution in [0.2, 0.25) is 0 Å². The molecule has 0 bridgehead atoms. The van der Waals surface area contributed by atoms with Crippen molar-refractivity contribution >= 4 is 23.5 Å².